The van der Waals surface area contributed by atoms with Crippen LogP contribution in [0.5, 0.6) is 11.5 Å². The van der Waals surface area contributed by atoms with Crippen molar-refractivity contribution in [1.82, 2.24) is 19.6 Å². The maximum Gasteiger partial charge on any atom is 0.274 e. The average Bonchev–Trinajstić information content (AvgIpc) is 2.89. The van der Waals surface area contributed by atoms with Crippen molar-refractivity contribution >= 4 is 23.2 Å². The van der Waals surface area contributed by atoms with E-state index in [1.165, 1.54) is 18.5 Å². The maximum absolute atomic E-state index is 14.2. The van der Waals surface area contributed by atoms with Crippen LogP contribution in [0.3, 0.4) is 0 Å². The molecule has 0 spiro atoms. The summed E-state index contributed by atoms with van der Waals surface area (Å²) in [6.45, 7) is 12.6. The summed E-state index contributed by atoms with van der Waals surface area (Å²) in [5, 5.41) is 17.3. The zero-order chi connectivity index (χ0) is 29.9. The maximum atomic E-state index is 14.2. The Labute approximate surface area is 238 Å². The van der Waals surface area contributed by atoms with E-state index in [0.717, 1.165) is 44.3 Å². The molecule has 12 heteroatoms. The number of ether oxygens (including phenoxy) is 1. The van der Waals surface area contributed by atoms with Crippen molar-refractivity contribution in [2.24, 2.45) is 0 Å². The number of rotatable bonds is 5. The highest BCUT2D eigenvalue weighted by Gasteiger charge is 2.16. The molecule has 0 aliphatic carbocycles. The van der Waals surface area contributed by atoms with Crippen molar-refractivity contribution in [2.45, 2.75) is 34.6 Å². The number of hydrogen-bond acceptors (Lipinski definition) is 6. The third kappa shape index (κ3) is 6.57. The molecule has 2 heterocycles. The Balaban J connectivity index is 0.000000225. The lowest BCUT2D eigenvalue weighted by molar-refractivity contribution is 0.352. The standard InChI is InChI=1S/C16H16ClFN2O2.C12H10ClFN2O2/c1-9(2)8-22-15-6-14(13(18)5-12(15)17)20-16(21)11(4)10(3)7-19-20;1-6-5-15-16(12(18)7(6)2)10-4-11(17)8(13)3-9(10)14/h5-7H,1,8H2,2-4H3;3-5,17H,1-2H3. The fraction of sp³-hybridized carbons (Fsp3) is 0.214. The van der Waals surface area contributed by atoms with Crippen molar-refractivity contribution < 1.29 is 18.6 Å². The number of hydrogen-bond donors (Lipinski definition) is 1. The van der Waals surface area contributed by atoms with E-state index >= 15 is 0 Å². The van der Waals surface area contributed by atoms with Gasteiger partial charge in [0.2, 0.25) is 0 Å². The van der Waals surface area contributed by atoms with Crippen LogP contribution < -0.4 is 15.9 Å². The van der Waals surface area contributed by atoms with Gasteiger partial charge in [0.1, 0.15) is 29.5 Å². The molecule has 2 aromatic carbocycles. The third-order valence-electron chi connectivity index (χ3n) is 5.89. The average molecular weight is 591 g/mol. The van der Waals surface area contributed by atoms with Gasteiger partial charge in [-0.25, -0.2) is 8.78 Å². The minimum atomic E-state index is -0.726. The van der Waals surface area contributed by atoms with Crippen LogP contribution in [0.2, 0.25) is 10.0 Å². The molecule has 4 rings (SSSR count). The largest absolute Gasteiger partial charge is 0.506 e. The lowest BCUT2D eigenvalue weighted by Crippen LogP contribution is -2.24. The van der Waals surface area contributed by atoms with Gasteiger partial charge in [-0.05, 0) is 63.5 Å². The predicted molar refractivity (Wildman–Crippen MR) is 151 cm³/mol. The Morgan fingerprint density at radius 3 is 1.80 bits per heavy atom. The highest BCUT2D eigenvalue weighted by Crippen LogP contribution is 2.30. The molecule has 0 radical (unpaired) electrons. The Bertz CT molecular complexity index is 1740. The highest BCUT2D eigenvalue weighted by atomic mass is 35.5. The van der Waals surface area contributed by atoms with Crippen LogP contribution in [-0.4, -0.2) is 31.3 Å². The molecule has 0 saturated heterocycles. The van der Waals surface area contributed by atoms with E-state index in [1.807, 2.05) is 0 Å². The van der Waals surface area contributed by atoms with Gasteiger partial charge >= 0.3 is 0 Å². The second kappa shape index (κ2) is 12.4. The summed E-state index contributed by atoms with van der Waals surface area (Å²) in [4.78, 5) is 24.2. The molecule has 0 amide bonds. The van der Waals surface area contributed by atoms with Gasteiger partial charge < -0.3 is 9.84 Å². The Morgan fingerprint density at radius 2 is 1.32 bits per heavy atom. The monoisotopic (exact) mass is 590 g/mol. The summed E-state index contributed by atoms with van der Waals surface area (Å²) in [6.07, 6.45) is 2.97. The topological polar surface area (TPSA) is 99.2 Å². The first-order chi connectivity index (χ1) is 18.7. The number of nitrogens with zero attached hydrogens (tertiary/aromatic N) is 4. The smallest absolute Gasteiger partial charge is 0.274 e. The van der Waals surface area contributed by atoms with Gasteiger partial charge in [0.25, 0.3) is 11.1 Å². The zero-order valence-corrected chi connectivity index (χ0v) is 23.9. The summed E-state index contributed by atoms with van der Waals surface area (Å²) in [6, 6.07) is 4.48. The minimum absolute atomic E-state index is 0.00536. The lowest BCUT2D eigenvalue weighted by atomic mass is 10.2. The minimum Gasteiger partial charge on any atom is -0.506 e. The number of phenolic OH excluding ortho intramolecular Hbond substituents is 1. The molecule has 8 nitrogen and oxygen atoms in total. The number of aromatic hydroxyl groups is 1. The number of phenols is 1. The van der Waals surface area contributed by atoms with Crippen molar-refractivity contribution in [3.63, 3.8) is 0 Å². The fourth-order valence-electron chi connectivity index (χ4n) is 3.27. The van der Waals surface area contributed by atoms with Gasteiger partial charge in [-0.3, -0.25) is 9.59 Å². The zero-order valence-electron chi connectivity index (χ0n) is 22.4. The molecule has 0 bridgehead atoms. The van der Waals surface area contributed by atoms with E-state index in [4.69, 9.17) is 27.9 Å². The summed E-state index contributed by atoms with van der Waals surface area (Å²) >= 11 is 11.5. The van der Waals surface area contributed by atoms with E-state index in [1.54, 1.807) is 34.6 Å². The molecule has 40 heavy (non-hydrogen) atoms. The van der Waals surface area contributed by atoms with Gasteiger partial charge in [0.05, 0.1) is 22.4 Å². The molecule has 2 aromatic heterocycles. The molecule has 0 fully saturated rings. The van der Waals surface area contributed by atoms with Crippen molar-refractivity contribution in [3.05, 3.63) is 113 Å². The number of benzene rings is 2. The molecule has 0 unspecified atom stereocenters. The summed E-state index contributed by atoms with van der Waals surface area (Å²) in [7, 11) is 0. The first kappa shape index (κ1) is 30.5. The highest BCUT2D eigenvalue weighted by molar-refractivity contribution is 6.32. The molecule has 0 saturated carbocycles. The summed E-state index contributed by atoms with van der Waals surface area (Å²) in [5.74, 6) is -1.41. The van der Waals surface area contributed by atoms with Gasteiger partial charge in [0.15, 0.2) is 11.6 Å². The van der Waals surface area contributed by atoms with E-state index in [0.29, 0.717) is 11.1 Å². The van der Waals surface area contributed by atoms with E-state index in [9.17, 15) is 23.5 Å². The Morgan fingerprint density at radius 1 is 0.875 bits per heavy atom. The van der Waals surface area contributed by atoms with E-state index < -0.39 is 17.2 Å². The molecule has 0 aliphatic heterocycles. The summed E-state index contributed by atoms with van der Waals surface area (Å²) in [5.41, 5.74) is 2.28. The molecule has 0 aliphatic rings. The summed E-state index contributed by atoms with van der Waals surface area (Å²) < 4.78 is 35.3. The van der Waals surface area contributed by atoms with Gasteiger partial charge in [0, 0.05) is 23.3 Å². The number of aryl methyl sites for hydroxylation is 2. The van der Waals surface area contributed by atoms with Crippen LogP contribution >= 0.6 is 23.2 Å². The van der Waals surface area contributed by atoms with Crippen LogP contribution in [0.1, 0.15) is 29.2 Å². The Hall–Kier alpha value is -4.02. The number of aromatic nitrogens is 4. The molecular formula is C28H26Cl2F2N4O4. The van der Waals surface area contributed by atoms with E-state index in [-0.39, 0.29) is 45.1 Å². The van der Waals surface area contributed by atoms with Crippen LogP contribution in [-0.2, 0) is 0 Å². The van der Waals surface area contributed by atoms with Gasteiger partial charge in [-0.2, -0.15) is 19.6 Å². The second-order valence-corrected chi connectivity index (χ2v) is 9.89. The third-order valence-corrected chi connectivity index (χ3v) is 6.49. The Kier molecular flexibility index (Phi) is 9.49. The molecule has 0 atom stereocenters. The molecule has 210 valence electrons. The van der Waals surface area contributed by atoms with Gasteiger partial charge in [-0.15, -0.1) is 0 Å². The van der Waals surface area contributed by atoms with Crippen molar-refractivity contribution in [1.29, 1.82) is 0 Å². The normalized spacial score (nSPS) is 10.6. The van der Waals surface area contributed by atoms with Crippen LogP contribution in [0.15, 0.2) is 58.4 Å². The first-order valence-corrected chi connectivity index (χ1v) is 12.5. The number of halogens is 4. The van der Waals surface area contributed by atoms with Crippen molar-refractivity contribution in [2.75, 3.05) is 6.61 Å². The van der Waals surface area contributed by atoms with Crippen molar-refractivity contribution in [3.8, 4) is 22.9 Å². The predicted octanol–water partition coefficient (Wildman–Crippen LogP) is 5.94. The van der Waals surface area contributed by atoms with Crippen LogP contribution in [0, 0.1) is 39.3 Å². The first-order valence-electron chi connectivity index (χ1n) is 11.8. The van der Waals surface area contributed by atoms with Crippen LogP contribution in [0.4, 0.5) is 8.78 Å². The second-order valence-electron chi connectivity index (χ2n) is 9.07. The molecule has 1 N–H and O–H groups in total. The SMILES string of the molecule is C=C(C)COc1cc(-n2ncc(C)c(C)c2=O)c(F)cc1Cl.Cc1cnn(-c2cc(O)c(Cl)cc2F)c(=O)c1C. The van der Waals surface area contributed by atoms with Crippen LogP contribution in [0.25, 0.3) is 11.4 Å². The molecular weight excluding hydrogens is 565 g/mol. The quantitative estimate of drug-likeness (QED) is 0.289. The molecule has 4 aromatic rings. The fourth-order valence-corrected chi connectivity index (χ4v) is 3.62. The van der Waals surface area contributed by atoms with E-state index in [2.05, 4.69) is 16.8 Å². The van der Waals surface area contributed by atoms with Gasteiger partial charge in [-0.1, -0.05) is 29.8 Å². The lowest BCUT2D eigenvalue weighted by Gasteiger charge is -2.12.